The molecule has 0 aliphatic rings. The van der Waals surface area contributed by atoms with E-state index in [0.717, 1.165) is 6.07 Å². The van der Waals surface area contributed by atoms with Gasteiger partial charge < -0.3 is 14.2 Å². The van der Waals surface area contributed by atoms with Crippen molar-refractivity contribution in [2.24, 2.45) is 0 Å². The van der Waals surface area contributed by atoms with Crippen molar-refractivity contribution >= 4 is 11.7 Å². The van der Waals surface area contributed by atoms with Crippen LogP contribution in [0.1, 0.15) is 15.9 Å². The number of carbonyl (C=O) groups excluding carboxylic acids is 1. The number of nitrogens with zero attached hydrogens (tertiary/aromatic N) is 1. The predicted octanol–water partition coefficient (Wildman–Crippen LogP) is 3.56. The second-order valence-corrected chi connectivity index (χ2v) is 4.74. The van der Waals surface area contributed by atoms with Crippen LogP contribution in [-0.2, 0) is 11.3 Å². The van der Waals surface area contributed by atoms with Crippen LogP contribution in [0.25, 0.3) is 0 Å². The zero-order chi connectivity index (χ0) is 18.4. The third-order valence-corrected chi connectivity index (χ3v) is 3.13. The number of benzene rings is 2. The van der Waals surface area contributed by atoms with Crippen molar-refractivity contribution in [2.75, 3.05) is 7.11 Å². The van der Waals surface area contributed by atoms with Gasteiger partial charge in [-0.2, -0.15) is 8.78 Å². The Kier molecular flexibility index (Phi) is 5.83. The van der Waals surface area contributed by atoms with Crippen molar-refractivity contribution in [1.82, 2.24) is 0 Å². The van der Waals surface area contributed by atoms with Crippen LogP contribution in [0.3, 0.4) is 0 Å². The normalized spacial score (nSPS) is 10.4. The fourth-order valence-electron chi connectivity index (χ4n) is 2.02. The van der Waals surface area contributed by atoms with Gasteiger partial charge in [-0.25, -0.2) is 4.79 Å². The van der Waals surface area contributed by atoms with Crippen LogP contribution in [-0.4, -0.2) is 24.6 Å². The Hall–Kier alpha value is -3.23. The molecule has 0 radical (unpaired) electrons. The molecule has 0 unspecified atom stereocenters. The number of halogens is 2. The van der Waals surface area contributed by atoms with Gasteiger partial charge in [-0.05, 0) is 24.3 Å². The number of ether oxygens (including phenoxy) is 3. The van der Waals surface area contributed by atoms with Crippen LogP contribution in [0.2, 0.25) is 0 Å². The smallest absolute Gasteiger partial charge is 0.387 e. The first-order chi connectivity index (χ1) is 11.9. The van der Waals surface area contributed by atoms with Crippen molar-refractivity contribution in [3.8, 4) is 11.5 Å². The number of alkyl halides is 2. The standard InChI is InChI=1S/C16H13F2NO6/c1-23-14-6-5-12(19(21)22)7-11(14)9-24-15(20)10-3-2-4-13(8-10)25-16(17)18/h2-8,16H,9H2,1H3. The van der Waals surface area contributed by atoms with Gasteiger partial charge in [-0.15, -0.1) is 0 Å². The van der Waals surface area contributed by atoms with Gasteiger partial charge in [-0.3, -0.25) is 10.1 Å². The van der Waals surface area contributed by atoms with Crippen molar-refractivity contribution in [3.05, 3.63) is 63.7 Å². The van der Waals surface area contributed by atoms with Gasteiger partial charge in [0.15, 0.2) is 0 Å². The summed E-state index contributed by atoms with van der Waals surface area (Å²) >= 11 is 0. The van der Waals surface area contributed by atoms with Crippen LogP contribution in [0.4, 0.5) is 14.5 Å². The van der Waals surface area contributed by atoms with Crippen molar-refractivity contribution in [1.29, 1.82) is 0 Å². The average Bonchev–Trinajstić information content (AvgIpc) is 2.58. The van der Waals surface area contributed by atoms with Crippen molar-refractivity contribution in [2.45, 2.75) is 13.2 Å². The Balaban J connectivity index is 2.12. The molecular weight excluding hydrogens is 340 g/mol. The minimum Gasteiger partial charge on any atom is -0.496 e. The van der Waals surface area contributed by atoms with E-state index < -0.39 is 17.5 Å². The molecule has 2 aromatic carbocycles. The Bertz CT molecular complexity index is 781. The maximum Gasteiger partial charge on any atom is 0.387 e. The lowest BCUT2D eigenvalue weighted by Crippen LogP contribution is -2.08. The second kappa shape index (κ2) is 8.04. The lowest BCUT2D eigenvalue weighted by atomic mass is 10.2. The van der Waals surface area contributed by atoms with E-state index in [9.17, 15) is 23.7 Å². The highest BCUT2D eigenvalue weighted by molar-refractivity contribution is 5.89. The topological polar surface area (TPSA) is 87.9 Å². The zero-order valence-corrected chi connectivity index (χ0v) is 13.0. The second-order valence-electron chi connectivity index (χ2n) is 4.74. The molecule has 0 bridgehead atoms. The van der Waals surface area contributed by atoms with Crippen LogP contribution in [0, 0.1) is 10.1 Å². The maximum atomic E-state index is 12.2. The summed E-state index contributed by atoms with van der Waals surface area (Å²) in [6.07, 6.45) is 0. The number of non-ortho nitro benzene ring substituents is 1. The number of methoxy groups -OCH3 is 1. The molecule has 0 amide bonds. The maximum absolute atomic E-state index is 12.2. The summed E-state index contributed by atoms with van der Waals surface area (Å²) in [5.74, 6) is -0.668. The molecule has 0 saturated carbocycles. The molecule has 0 heterocycles. The summed E-state index contributed by atoms with van der Waals surface area (Å²) in [7, 11) is 1.37. The number of carbonyl (C=O) groups is 1. The number of hydrogen-bond acceptors (Lipinski definition) is 6. The Morgan fingerprint density at radius 1 is 1.24 bits per heavy atom. The molecule has 25 heavy (non-hydrogen) atoms. The molecule has 7 nitrogen and oxygen atoms in total. The quantitative estimate of drug-likeness (QED) is 0.430. The highest BCUT2D eigenvalue weighted by Crippen LogP contribution is 2.25. The number of nitro groups is 1. The molecular formula is C16H13F2NO6. The molecule has 9 heteroatoms. The Labute approximate surface area is 140 Å². The first-order valence-electron chi connectivity index (χ1n) is 6.94. The number of nitro benzene ring substituents is 1. The van der Waals surface area contributed by atoms with E-state index in [2.05, 4.69) is 4.74 Å². The monoisotopic (exact) mass is 353 g/mol. The molecule has 0 fully saturated rings. The van der Waals surface area contributed by atoms with Crippen molar-refractivity contribution < 1.29 is 32.7 Å². The van der Waals surface area contributed by atoms with E-state index in [1.807, 2.05) is 0 Å². The van der Waals surface area contributed by atoms with Gasteiger partial charge >= 0.3 is 12.6 Å². The molecule has 0 spiro atoms. The first-order valence-corrected chi connectivity index (χ1v) is 6.94. The van der Waals surface area contributed by atoms with Gasteiger partial charge in [0.1, 0.15) is 18.1 Å². The molecule has 0 atom stereocenters. The third kappa shape index (κ3) is 4.87. The lowest BCUT2D eigenvalue weighted by Gasteiger charge is -2.10. The van der Waals surface area contributed by atoms with E-state index in [0.29, 0.717) is 11.3 Å². The van der Waals surface area contributed by atoms with Crippen LogP contribution in [0.15, 0.2) is 42.5 Å². The number of esters is 1. The fraction of sp³-hybridized carbons (Fsp3) is 0.188. The first kappa shape index (κ1) is 18.1. The molecule has 0 aliphatic carbocycles. The lowest BCUT2D eigenvalue weighted by molar-refractivity contribution is -0.385. The molecule has 0 saturated heterocycles. The van der Waals surface area contributed by atoms with Gasteiger partial charge in [0.05, 0.1) is 17.6 Å². The van der Waals surface area contributed by atoms with E-state index in [-0.39, 0.29) is 23.6 Å². The largest absolute Gasteiger partial charge is 0.496 e. The minimum atomic E-state index is -3.01. The summed E-state index contributed by atoms with van der Waals surface area (Å²) in [6, 6.07) is 8.98. The molecule has 2 rings (SSSR count). The SMILES string of the molecule is COc1ccc([N+](=O)[O-])cc1COC(=O)c1cccc(OC(F)F)c1. The molecule has 132 valence electrons. The van der Waals surface area contributed by atoms with Gasteiger partial charge in [0.2, 0.25) is 0 Å². The summed E-state index contributed by atoms with van der Waals surface area (Å²) in [5.41, 5.74) is 0.117. The van der Waals surface area contributed by atoms with Crippen LogP contribution < -0.4 is 9.47 Å². The van der Waals surface area contributed by atoms with Crippen LogP contribution in [0.5, 0.6) is 11.5 Å². The van der Waals surface area contributed by atoms with Gasteiger partial charge in [0.25, 0.3) is 5.69 Å². The average molecular weight is 353 g/mol. The van der Waals surface area contributed by atoms with E-state index in [1.165, 1.54) is 43.5 Å². The van der Waals surface area contributed by atoms with E-state index in [1.54, 1.807) is 0 Å². The third-order valence-electron chi connectivity index (χ3n) is 3.13. The van der Waals surface area contributed by atoms with Crippen LogP contribution >= 0.6 is 0 Å². The van der Waals surface area contributed by atoms with E-state index >= 15 is 0 Å². The molecule has 2 aromatic rings. The predicted molar refractivity (Wildman–Crippen MR) is 81.8 cm³/mol. The molecule has 0 aliphatic heterocycles. The highest BCUT2D eigenvalue weighted by atomic mass is 19.3. The zero-order valence-electron chi connectivity index (χ0n) is 13.0. The summed E-state index contributed by atoms with van der Waals surface area (Å²) in [5, 5.41) is 10.8. The van der Waals surface area contributed by atoms with Gasteiger partial charge in [-0.1, -0.05) is 6.07 Å². The number of hydrogen-bond donors (Lipinski definition) is 0. The highest BCUT2D eigenvalue weighted by Gasteiger charge is 2.15. The summed E-state index contributed by atoms with van der Waals surface area (Å²) < 4.78 is 38.7. The molecule has 0 N–H and O–H groups in total. The molecule has 0 aromatic heterocycles. The van der Waals surface area contributed by atoms with E-state index in [4.69, 9.17) is 9.47 Å². The van der Waals surface area contributed by atoms with Crippen molar-refractivity contribution in [3.63, 3.8) is 0 Å². The fourth-order valence-corrected chi connectivity index (χ4v) is 2.02. The minimum absolute atomic E-state index is 0.00236. The van der Waals surface area contributed by atoms with Gasteiger partial charge in [0, 0.05) is 17.7 Å². The summed E-state index contributed by atoms with van der Waals surface area (Å²) in [6.45, 7) is -3.30. The Morgan fingerprint density at radius 2 is 2.00 bits per heavy atom. The number of rotatable bonds is 7. The Morgan fingerprint density at radius 3 is 2.64 bits per heavy atom. The summed E-state index contributed by atoms with van der Waals surface area (Å²) in [4.78, 5) is 22.3.